The second kappa shape index (κ2) is 7.49. The summed E-state index contributed by atoms with van der Waals surface area (Å²) in [5.41, 5.74) is 3.83. The Labute approximate surface area is 147 Å². The first-order valence-corrected chi connectivity index (χ1v) is 8.61. The van der Waals surface area contributed by atoms with Gasteiger partial charge in [-0.3, -0.25) is 9.69 Å². The summed E-state index contributed by atoms with van der Waals surface area (Å²) in [6.07, 6.45) is 0. The zero-order valence-electron chi connectivity index (χ0n) is 14.6. The van der Waals surface area contributed by atoms with E-state index in [4.69, 9.17) is 0 Å². The highest BCUT2D eigenvalue weighted by atomic mass is 16.4. The molecule has 0 aliphatic rings. The van der Waals surface area contributed by atoms with Crippen LogP contribution in [-0.2, 0) is 17.9 Å². The van der Waals surface area contributed by atoms with Gasteiger partial charge in [-0.2, -0.15) is 0 Å². The summed E-state index contributed by atoms with van der Waals surface area (Å²) in [6.45, 7) is 7.17. The molecule has 0 amide bonds. The largest absolute Gasteiger partial charge is 0.480 e. The summed E-state index contributed by atoms with van der Waals surface area (Å²) in [5, 5.41) is 9.26. The van der Waals surface area contributed by atoms with Crippen LogP contribution >= 0.6 is 0 Å². The molecule has 1 aromatic heterocycles. The van der Waals surface area contributed by atoms with E-state index in [0.717, 1.165) is 36.2 Å². The van der Waals surface area contributed by atoms with E-state index < -0.39 is 5.97 Å². The number of aliphatic carboxylic acids is 1. The molecule has 3 rings (SSSR count). The minimum absolute atomic E-state index is 0.100. The molecule has 0 unspecified atom stereocenters. The van der Waals surface area contributed by atoms with Crippen LogP contribution in [-0.4, -0.2) is 38.6 Å². The lowest BCUT2D eigenvalue weighted by atomic mass is 10.1. The van der Waals surface area contributed by atoms with E-state index in [9.17, 15) is 9.90 Å². The number of hydrogen-bond acceptors (Lipinski definition) is 3. The molecule has 0 aliphatic carbocycles. The van der Waals surface area contributed by atoms with Crippen molar-refractivity contribution in [3.63, 3.8) is 0 Å². The number of hydrogen-bond donors (Lipinski definition) is 1. The van der Waals surface area contributed by atoms with Crippen LogP contribution < -0.4 is 0 Å². The topological polar surface area (TPSA) is 58.4 Å². The van der Waals surface area contributed by atoms with Gasteiger partial charge in [0.1, 0.15) is 12.4 Å². The molecule has 130 valence electrons. The summed E-state index contributed by atoms with van der Waals surface area (Å²) in [6, 6.07) is 15.9. The lowest BCUT2D eigenvalue weighted by Crippen LogP contribution is -2.21. The molecule has 0 saturated heterocycles. The first kappa shape index (κ1) is 17.2. The standard InChI is InChI=1S/C20H23N3O2/c1-3-22(4-2)13-15-9-11-16(12-10-15)20-21-17-7-5-6-8-18(17)23(20)14-19(24)25/h5-12H,3-4,13-14H2,1-2H3,(H,24,25). The fourth-order valence-electron chi connectivity index (χ4n) is 3.06. The third-order valence-electron chi connectivity index (χ3n) is 4.46. The van der Waals surface area contributed by atoms with Crippen molar-refractivity contribution in [1.82, 2.24) is 14.5 Å². The van der Waals surface area contributed by atoms with Gasteiger partial charge >= 0.3 is 5.97 Å². The fourth-order valence-corrected chi connectivity index (χ4v) is 3.06. The number of carboxylic acid groups (broad SMARTS) is 1. The molecule has 0 atom stereocenters. The normalized spacial score (nSPS) is 11.3. The van der Waals surface area contributed by atoms with Crippen LogP contribution in [0.4, 0.5) is 0 Å². The van der Waals surface area contributed by atoms with Gasteiger partial charge in [0.2, 0.25) is 0 Å². The summed E-state index contributed by atoms with van der Waals surface area (Å²) < 4.78 is 1.76. The zero-order valence-corrected chi connectivity index (χ0v) is 14.6. The molecular formula is C20H23N3O2. The highest BCUT2D eigenvalue weighted by Gasteiger charge is 2.14. The number of carbonyl (C=O) groups is 1. The van der Waals surface area contributed by atoms with Gasteiger partial charge in [0.25, 0.3) is 0 Å². The smallest absolute Gasteiger partial charge is 0.323 e. The molecule has 0 spiro atoms. The van der Waals surface area contributed by atoms with Crippen LogP contribution in [0.1, 0.15) is 19.4 Å². The fraction of sp³-hybridized carbons (Fsp3) is 0.300. The quantitative estimate of drug-likeness (QED) is 0.715. The third-order valence-corrected chi connectivity index (χ3v) is 4.46. The second-order valence-electron chi connectivity index (χ2n) is 6.06. The van der Waals surface area contributed by atoms with Crippen LogP contribution in [0, 0.1) is 0 Å². The molecule has 5 heteroatoms. The molecule has 0 saturated carbocycles. The predicted octanol–water partition coefficient (Wildman–Crippen LogP) is 3.63. The molecule has 0 fully saturated rings. The highest BCUT2D eigenvalue weighted by Crippen LogP contribution is 2.25. The third kappa shape index (κ3) is 3.72. The number of carboxylic acids is 1. The maximum absolute atomic E-state index is 11.3. The summed E-state index contributed by atoms with van der Waals surface area (Å²) in [7, 11) is 0. The minimum Gasteiger partial charge on any atom is -0.480 e. The summed E-state index contributed by atoms with van der Waals surface area (Å²) >= 11 is 0. The van der Waals surface area contributed by atoms with Crippen molar-refractivity contribution < 1.29 is 9.90 Å². The van der Waals surface area contributed by atoms with Crippen LogP contribution in [0.3, 0.4) is 0 Å². The van der Waals surface area contributed by atoms with Crippen molar-refractivity contribution in [2.75, 3.05) is 13.1 Å². The molecule has 1 heterocycles. The van der Waals surface area contributed by atoms with Gasteiger partial charge in [0, 0.05) is 12.1 Å². The molecule has 5 nitrogen and oxygen atoms in total. The number of benzene rings is 2. The average Bonchev–Trinajstić information content (AvgIpc) is 2.98. The molecule has 1 N–H and O–H groups in total. The maximum Gasteiger partial charge on any atom is 0.323 e. The van der Waals surface area contributed by atoms with Gasteiger partial charge in [-0.1, -0.05) is 50.2 Å². The predicted molar refractivity (Wildman–Crippen MR) is 99.4 cm³/mol. The molecule has 25 heavy (non-hydrogen) atoms. The number of nitrogens with zero attached hydrogens (tertiary/aromatic N) is 3. The van der Waals surface area contributed by atoms with Gasteiger partial charge in [0.05, 0.1) is 11.0 Å². The molecule has 2 aromatic carbocycles. The van der Waals surface area contributed by atoms with Crippen molar-refractivity contribution in [2.24, 2.45) is 0 Å². The van der Waals surface area contributed by atoms with Crippen LogP contribution in [0.2, 0.25) is 0 Å². The van der Waals surface area contributed by atoms with Crippen molar-refractivity contribution in [3.05, 3.63) is 54.1 Å². The highest BCUT2D eigenvalue weighted by molar-refractivity contribution is 5.82. The van der Waals surface area contributed by atoms with E-state index in [1.54, 1.807) is 4.57 Å². The van der Waals surface area contributed by atoms with Gasteiger partial charge in [0.15, 0.2) is 0 Å². The van der Waals surface area contributed by atoms with Crippen LogP contribution in [0.15, 0.2) is 48.5 Å². The molecule has 0 bridgehead atoms. The number of imidazole rings is 1. The number of fused-ring (bicyclic) bond motifs is 1. The molecule has 0 aliphatic heterocycles. The van der Waals surface area contributed by atoms with Gasteiger partial charge < -0.3 is 9.67 Å². The first-order chi connectivity index (χ1) is 12.1. The van der Waals surface area contributed by atoms with E-state index in [-0.39, 0.29) is 6.54 Å². The summed E-state index contributed by atoms with van der Waals surface area (Å²) in [5.74, 6) is -0.180. The minimum atomic E-state index is -0.873. The van der Waals surface area contributed by atoms with Crippen molar-refractivity contribution in [2.45, 2.75) is 26.9 Å². The Kier molecular flexibility index (Phi) is 5.14. The maximum atomic E-state index is 11.3. The monoisotopic (exact) mass is 337 g/mol. The Morgan fingerprint density at radius 3 is 2.40 bits per heavy atom. The lowest BCUT2D eigenvalue weighted by molar-refractivity contribution is -0.137. The Morgan fingerprint density at radius 2 is 1.76 bits per heavy atom. The average molecular weight is 337 g/mol. The van der Waals surface area contributed by atoms with Crippen molar-refractivity contribution in [1.29, 1.82) is 0 Å². The molecule has 0 radical (unpaired) electrons. The number of rotatable bonds is 7. The molecular weight excluding hydrogens is 314 g/mol. The van der Waals surface area contributed by atoms with E-state index >= 15 is 0 Å². The van der Waals surface area contributed by atoms with Crippen LogP contribution in [0.25, 0.3) is 22.4 Å². The van der Waals surface area contributed by atoms with E-state index in [2.05, 4.69) is 35.9 Å². The van der Waals surface area contributed by atoms with Gasteiger partial charge in [-0.05, 0) is 30.8 Å². The SMILES string of the molecule is CCN(CC)Cc1ccc(-c2nc3ccccc3n2CC(=O)O)cc1. The van der Waals surface area contributed by atoms with E-state index in [1.807, 2.05) is 36.4 Å². The lowest BCUT2D eigenvalue weighted by Gasteiger charge is -2.18. The van der Waals surface area contributed by atoms with E-state index in [1.165, 1.54) is 5.56 Å². The summed E-state index contributed by atoms with van der Waals surface area (Å²) in [4.78, 5) is 18.3. The zero-order chi connectivity index (χ0) is 17.8. The number of para-hydroxylation sites is 2. The van der Waals surface area contributed by atoms with E-state index in [0.29, 0.717) is 5.82 Å². The molecule has 3 aromatic rings. The Bertz CT molecular complexity index is 864. The number of aromatic nitrogens is 2. The second-order valence-corrected chi connectivity index (χ2v) is 6.06. The van der Waals surface area contributed by atoms with Crippen molar-refractivity contribution >= 4 is 17.0 Å². The van der Waals surface area contributed by atoms with Gasteiger partial charge in [-0.15, -0.1) is 0 Å². The Hall–Kier alpha value is -2.66. The van der Waals surface area contributed by atoms with Crippen LogP contribution in [0.5, 0.6) is 0 Å². The Morgan fingerprint density at radius 1 is 1.08 bits per heavy atom. The Balaban J connectivity index is 1.97. The first-order valence-electron chi connectivity index (χ1n) is 8.61. The van der Waals surface area contributed by atoms with Gasteiger partial charge in [-0.25, -0.2) is 4.98 Å². The van der Waals surface area contributed by atoms with Crippen molar-refractivity contribution in [3.8, 4) is 11.4 Å².